The van der Waals surface area contributed by atoms with Crippen molar-refractivity contribution in [1.82, 2.24) is 4.90 Å². The monoisotopic (exact) mass is 394 g/mol. The molecule has 28 heavy (non-hydrogen) atoms. The minimum Gasteiger partial charge on any atom is -0.390 e. The lowest BCUT2D eigenvalue weighted by atomic mass is 10.0. The van der Waals surface area contributed by atoms with Gasteiger partial charge in [-0.15, -0.1) is 11.3 Å². The fraction of sp³-hybridized carbons (Fsp3) is 0.182. The molecule has 0 aliphatic carbocycles. The number of carbonyl (C=O) groups is 1. The van der Waals surface area contributed by atoms with Crippen LogP contribution in [0.3, 0.4) is 0 Å². The summed E-state index contributed by atoms with van der Waals surface area (Å²) in [6.07, 6.45) is 0.432. The molecule has 0 unspecified atom stereocenters. The maximum Gasteiger partial charge on any atom is 0.264 e. The SMILES string of the molecule is O=C(c1cccs1)N(Cc1ccc(F)cc1)C[C@H]1CC(c2ccccc2)=NO1. The summed E-state index contributed by atoms with van der Waals surface area (Å²) in [4.78, 5) is 21.0. The van der Waals surface area contributed by atoms with Crippen molar-refractivity contribution < 1.29 is 14.0 Å². The van der Waals surface area contributed by atoms with Crippen LogP contribution in [0.25, 0.3) is 0 Å². The minimum atomic E-state index is -0.292. The van der Waals surface area contributed by atoms with E-state index in [4.69, 9.17) is 4.84 Å². The van der Waals surface area contributed by atoms with E-state index in [9.17, 15) is 9.18 Å². The van der Waals surface area contributed by atoms with Gasteiger partial charge in [-0.05, 0) is 34.7 Å². The first-order valence-corrected chi connectivity index (χ1v) is 9.92. The Kier molecular flexibility index (Phi) is 5.48. The molecule has 6 heteroatoms. The van der Waals surface area contributed by atoms with Crippen molar-refractivity contribution in [2.24, 2.45) is 5.16 Å². The van der Waals surface area contributed by atoms with Crippen LogP contribution < -0.4 is 0 Å². The highest BCUT2D eigenvalue weighted by molar-refractivity contribution is 7.12. The first-order chi connectivity index (χ1) is 13.7. The second-order valence-electron chi connectivity index (χ2n) is 6.62. The number of rotatable bonds is 6. The van der Waals surface area contributed by atoms with E-state index in [-0.39, 0.29) is 17.8 Å². The van der Waals surface area contributed by atoms with Gasteiger partial charge in [-0.25, -0.2) is 4.39 Å². The summed E-state index contributed by atoms with van der Waals surface area (Å²) in [6, 6.07) is 19.8. The number of hydrogen-bond donors (Lipinski definition) is 0. The van der Waals surface area contributed by atoms with Crippen molar-refractivity contribution in [3.05, 3.63) is 93.9 Å². The van der Waals surface area contributed by atoms with Gasteiger partial charge in [0, 0.05) is 13.0 Å². The van der Waals surface area contributed by atoms with Crippen molar-refractivity contribution >= 4 is 23.0 Å². The summed E-state index contributed by atoms with van der Waals surface area (Å²) in [5.41, 5.74) is 2.78. The first kappa shape index (κ1) is 18.4. The van der Waals surface area contributed by atoms with Gasteiger partial charge in [0.15, 0.2) is 6.10 Å². The fourth-order valence-electron chi connectivity index (χ4n) is 3.16. The molecule has 0 radical (unpaired) electrons. The van der Waals surface area contributed by atoms with Gasteiger partial charge in [0.05, 0.1) is 17.1 Å². The summed E-state index contributed by atoms with van der Waals surface area (Å²) in [5.74, 6) is -0.351. The van der Waals surface area contributed by atoms with Crippen molar-refractivity contribution in [1.29, 1.82) is 0 Å². The Hall–Kier alpha value is -2.99. The topological polar surface area (TPSA) is 41.9 Å². The standard InChI is InChI=1S/C22H19FN2O2S/c23-18-10-8-16(9-11-18)14-25(22(26)21-7-4-12-28-21)15-19-13-20(24-27-19)17-5-2-1-3-6-17/h1-12,19H,13-15H2/t19-/m1/s1. The molecule has 3 aromatic rings. The van der Waals surface area contributed by atoms with Crippen molar-refractivity contribution in [3.63, 3.8) is 0 Å². The molecular formula is C22H19FN2O2S. The van der Waals surface area contributed by atoms with Crippen LogP contribution in [-0.2, 0) is 11.4 Å². The second-order valence-corrected chi connectivity index (χ2v) is 7.57. The van der Waals surface area contributed by atoms with Crippen LogP contribution in [0.4, 0.5) is 4.39 Å². The summed E-state index contributed by atoms with van der Waals surface area (Å²) in [5, 5.41) is 6.09. The van der Waals surface area contributed by atoms with Crippen molar-refractivity contribution in [2.45, 2.75) is 19.1 Å². The van der Waals surface area contributed by atoms with Crippen molar-refractivity contribution in [3.8, 4) is 0 Å². The minimum absolute atomic E-state index is 0.0592. The third-order valence-corrected chi connectivity index (χ3v) is 5.43. The molecule has 0 N–H and O–H groups in total. The number of carbonyl (C=O) groups excluding carboxylic acids is 1. The number of benzene rings is 2. The van der Waals surface area contributed by atoms with E-state index in [0.29, 0.717) is 24.4 Å². The second kappa shape index (κ2) is 8.35. The molecule has 2 heterocycles. The number of nitrogens with zero attached hydrogens (tertiary/aromatic N) is 2. The van der Waals surface area contributed by atoms with E-state index < -0.39 is 0 Å². The number of amides is 1. The normalized spacial score (nSPS) is 15.8. The fourth-order valence-corrected chi connectivity index (χ4v) is 3.85. The molecule has 1 amide bonds. The molecule has 1 atom stereocenters. The molecule has 2 aromatic carbocycles. The smallest absolute Gasteiger partial charge is 0.264 e. The molecule has 0 bridgehead atoms. The maximum atomic E-state index is 13.2. The molecule has 142 valence electrons. The lowest BCUT2D eigenvalue weighted by Crippen LogP contribution is -2.37. The highest BCUT2D eigenvalue weighted by Gasteiger charge is 2.27. The Labute approximate surface area is 166 Å². The third kappa shape index (κ3) is 4.28. The van der Waals surface area contributed by atoms with Crippen LogP contribution >= 0.6 is 11.3 Å². The van der Waals surface area contributed by atoms with E-state index >= 15 is 0 Å². The molecule has 0 saturated heterocycles. The van der Waals surface area contributed by atoms with Crippen molar-refractivity contribution in [2.75, 3.05) is 6.54 Å². The van der Waals surface area contributed by atoms with Gasteiger partial charge < -0.3 is 9.74 Å². The van der Waals surface area contributed by atoms with Gasteiger partial charge in [0.1, 0.15) is 5.82 Å². The van der Waals surface area contributed by atoms with E-state index in [1.54, 1.807) is 17.0 Å². The molecule has 1 aliphatic heterocycles. The summed E-state index contributed by atoms with van der Waals surface area (Å²) < 4.78 is 13.2. The Balaban J connectivity index is 1.48. The first-order valence-electron chi connectivity index (χ1n) is 9.04. The van der Waals surface area contributed by atoms with Crippen LogP contribution in [-0.4, -0.2) is 29.2 Å². The van der Waals surface area contributed by atoms with Gasteiger partial charge in [-0.3, -0.25) is 4.79 Å². The predicted octanol–water partition coefficient (Wildman–Crippen LogP) is 4.72. The zero-order valence-electron chi connectivity index (χ0n) is 15.1. The molecule has 4 rings (SSSR count). The van der Waals surface area contributed by atoms with Crippen LogP contribution in [0.2, 0.25) is 0 Å². The Bertz CT molecular complexity index is 956. The number of thiophene rings is 1. The average molecular weight is 394 g/mol. The molecular weight excluding hydrogens is 375 g/mol. The number of hydrogen-bond acceptors (Lipinski definition) is 4. The lowest BCUT2D eigenvalue weighted by Gasteiger charge is -2.24. The van der Waals surface area contributed by atoms with Gasteiger partial charge in [0.25, 0.3) is 5.91 Å². The Morgan fingerprint density at radius 1 is 1.11 bits per heavy atom. The molecule has 0 spiro atoms. The number of halogens is 1. The average Bonchev–Trinajstić information content (AvgIpc) is 3.42. The largest absolute Gasteiger partial charge is 0.390 e. The Morgan fingerprint density at radius 3 is 2.61 bits per heavy atom. The van der Waals surface area contributed by atoms with Gasteiger partial charge in [-0.1, -0.05) is 53.7 Å². The Morgan fingerprint density at radius 2 is 1.89 bits per heavy atom. The van der Waals surface area contributed by atoms with Gasteiger partial charge >= 0.3 is 0 Å². The predicted molar refractivity (Wildman–Crippen MR) is 108 cm³/mol. The summed E-state index contributed by atoms with van der Waals surface area (Å²) >= 11 is 1.41. The summed E-state index contributed by atoms with van der Waals surface area (Å²) in [6.45, 7) is 0.797. The highest BCUT2D eigenvalue weighted by Crippen LogP contribution is 2.21. The van der Waals surface area contributed by atoms with Crippen LogP contribution in [0, 0.1) is 5.82 Å². The molecule has 1 aliphatic rings. The van der Waals surface area contributed by atoms with E-state index in [2.05, 4.69) is 5.16 Å². The highest BCUT2D eigenvalue weighted by atomic mass is 32.1. The molecule has 4 nitrogen and oxygen atoms in total. The van der Waals surface area contributed by atoms with E-state index in [0.717, 1.165) is 16.8 Å². The third-order valence-electron chi connectivity index (χ3n) is 4.57. The zero-order valence-corrected chi connectivity index (χ0v) is 15.9. The molecule has 0 saturated carbocycles. The van der Waals surface area contributed by atoms with E-state index in [1.807, 2.05) is 47.8 Å². The zero-order chi connectivity index (χ0) is 19.3. The maximum absolute atomic E-state index is 13.2. The van der Waals surface area contributed by atoms with Crippen LogP contribution in [0.15, 0.2) is 77.3 Å². The lowest BCUT2D eigenvalue weighted by molar-refractivity contribution is 0.0408. The van der Waals surface area contributed by atoms with Gasteiger partial charge in [0.2, 0.25) is 0 Å². The quantitative estimate of drug-likeness (QED) is 0.607. The van der Waals surface area contributed by atoms with Crippen LogP contribution in [0.5, 0.6) is 0 Å². The number of oxime groups is 1. The van der Waals surface area contributed by atoms with E-state index in [1.165, 1.54) is 23.5 Å². The summed E-state index contributed by atoms with van der Waals surface area (Å²) in [7, 11) is 0. The molecule has 0 fully saturated rings. The van der Waals surface area contributed by atoms with Crippen LogP contribution in [0.1, 0.15) is 27.2 Å². The van der Waals surface area contributed by atoms with Gasteiger partial charge in [-0.2, -0.15) is 0 Å². The molecule has 1 aromatic heterocycles.